The van der Waals surface area contributed by atoms with E-state index in [2.05, 4.69) is 23.3 Å². The van der Waals surface area contributed by atoms with Crippen molar-refractivity contribution in [3.8, 4) is 5.75 Å². The minimum atomic E-state index is -0.171. The monoisotopic (exact) mass is 396 g/mol. The summed E-state index contributed by atoms with van der Waals surface area (Å²) < 4.78 is 5.58. The molecule has 4 rings (SSSR count). The third-order valence-corrected chi connectivity index (χ3v) is 6.41. The molecule has 28 heavy (non-hydrogen) atoms. The Hall–Kier alpha value is -2.46. The lowest BCUT2D eigenvalue weighted by atomic mass is 9.63. The van der Waals surface area contributed by atoms with Crippen molar-refractivity contribution in [2.45, 2.75) is 37.1 Å². The fourth-order valence-corrected chi connectivity index (χ4v) is 4.89. The topological polar surface area (TPSA) is 50.4 Å². The molecule has 5 heteroatoms. The zero-order valence-corrected chi connectivity index (χ0v) is 16.8. The Labute approximate surface area is 170 Å². The summed E-state index contributed by atoms with van der Waals surface area (Å²) in [5.74, 6) is 0.784. The molecule has 1 aliphatic carbocycles. The van der Waals surface area contributed by atoms with Gasteiger partial charge in [-0.1, -0.05) is 35.9 Å². The Morgan fingerprint density at radius 1 is 1.32 bits per heavy atom. The number of para-hydroxylation sites is 1. The van der Waals surface area contributed by atoms with Crippen LogP contribution in [0.1, 0.15) is 41.6 Å². The van der Waals surface area contributed by atoms with Gasteiger partial charge in [0.05, 0.1) is 12.8 Å². The fourth-order valence-electron chi connectivity index (χ4n) is 4.77. The first-order valence-corrected chi connectivity index (χ1v) is 10.1. The molecular weight excluding hydrogens is 372 g/mol. The van der Waals surface area contributed by atoms with Crippen LogP contribution in [0.25, 0.3) is 0 Å². The molecule has 0 aromatic heterocycles. The van der Waals surface area contributed by atoms with Crippen LogP contribution in [0.5, 0.6) is 5.75 Å². The number of hydrogen-bond acceptors (Lipinski definition) is 3. The Balaban J connectivity index is 1.57. The molecule has 1 saturated carbocycles. The first-order valence-electron chi connectivity index (χ1n) is 9.72. The quantitative estimate of drug-likeness (QED) is 0.704. The molecule has 0 bridgehead atoms. The third-order valence-electron chi connectivity index (χ3n) is 6.15. The molecule has 1 amide bonds. The molecule has 2 N–H and O–H groups in total. The van der Waals surface area contributed by atoms with Gasteiger partial charge in [-0.2, -0.15) is 0 Å². The average molecular weight is 397 g/mol. The summed E-state index contributed by atoms with van der Waals surface area (Å²) in [6.45, 7) is 5.02. The highest BCUT2D eigenvalue weighted by molar-refractivity contribution is 6.30. The van der Waals surface area contributed by atoms with Gasteiger partial charge >= 0.3 is 0 Å². The van der Waals surface area contributed by atoms with E-state index in [0.29, 0.717) is 17.1 Å². The maximum absolute atomic E-state index is 12.5. The lowest BCUT2D eigenvalue weighted by Gasteiger charge is -2.42. The van der Waals surface area contributed by atoms with Crippen molar-refractivity contribution in [1.82, 2.24) is 5.32 Å². The highest BCUT2D eigenvalue weighted by atomic mass is 35.5. The Kier molecular flexibility index (Phi) is 5.07. The van der Waals surface area contributed by atoms with Crippen molar-refractivity contribution in [3.63, 3.8) is 0 Å². The molecule has 0 spiro atoms. The lowest BCUT2D eigenvalue weighted by Crippen LogP contribution is -2.45. The summed E-state index contributed by atoms with van der Waals surface area (Å²) in [5.41, 5.74) is 4.00. The number of hydrogen-bond donors (Lipinski definition) is 2. The highest BCUT2D eigenvalue weighted by Gasteiger charge is 2.50. The zero-order valence-electron chi connectivity index (χ0n) is 16.1. The number of benzene rings is 2. The number of fused-ring (bicyclic) bond motifs is 3. The van der Waals surface area contributed by atoms with E-state index < -0.39 is 0 Å². The first-order chi connectivity index (χ1) is 13.6. The van der Waals surface area contributed by atoms with Crippen LogP contribution >= 0.6 is 11.6 Å². The van der Waals surface area contributed by atoms with Gasteiger partial charge in [-0.15, -0.1) is 0 Å². The predicted molar refractivity (Wildman–Crippen MR) is 113 cm³/mol. The lowest BCUT2D eigenvalue weighted by molar-refractivity contribution is 0.0950. The maximum atomic E-state index is 12.5. The number of amides is 1. The molecular formula is C23H25ClN2O2. The number of anilines is 1. The van der Waals surface area contributed by atoms with Crippen molar-refractivity contribution in [2.24, 2.45) is 0 Å². The smallest absolute Gasteiger partial charge is 0.251 e. The van der Waals surface area contributed by atoms with E-state index in [4.69, 9.17) is 16.3 Å². The Morgan fingerprint density at radius 2 is 2.11 bits per heavy atom. The minimum Gasteiger partial charge on any atom is -0.495 e. The summed E-state index contributed by atoms with van der Waals surface area (Å²) in [5, 5.41) is 7.39. The van der Waals surface area contributed by atoms with Crippen molar-refractivity contribution < 1.29 is 9.53 Å². The van der Waals surface area contributed by atoms with E-state index in [1.165, 1.54) is 11.1 Å². The normalized spacial score (nSPS) is 22.8. The van der Waals surface area contributed by atoms with Crippen molar-refractivity contribution in [1.29, 1.82) is 0 Å². The van der Waals surface area contributed by atoms with E-state index in [0.717, 1.165) is 37.1 Å². The van der Waals surface area contributed by atoms with Gasteiger partial charge in [-0.3, -0.25) is 4.79 Å². The van der Waals surface area contributed by atoms with Gasteiger partial charge in [0.15, 0.2) is 0 Å². The summed E-state index contributed by atoms with van der Waals surface area (Å²) in [4.78, 5) is 12.5. The summed E-state index contributed by atoms with van der Waals surface area (Å²) in [7, 11) is 1.70. The molecule has 146 valence electrons. The van der Waals surface area contributed by atoms with Gasteiger partial charge in [0.1, 0.15) is 5.75 Å². The average Bonchev–Trinajstić information content (AvgIpc) is 3.04. The van der Waals surface area contributed by atoms with Crippen molar-refractivity contribution >= 4 is 23.2 Å². The minimum absolute atomic E-state index is 0.0807. The molecule has 2 aromatic carbocycles. The second kappa shape index (κ2) is 7.51. The van der Waals surface area contributed by atoms with Crippen molar-refractivity contribution in [2.75, 3.05) is 19.0 Å². The van der Waals surface area contributed by atoms with Crippen LogP contribution in [-0.2, 0) is 5.41 Å². The largest absolute Gasteiger partial charge is 0.495 e. The zero-order chi connectivity index (χ0) is 19.7. The number of carbonyl (C=O) groups excluding carboxylic acids is 1. The van der Waals surface area contributed by atoms with Crippen LogP contribution in [-0.4, -0.2) is 25.6 Å². The highest BCUT2D eigenvalue weighted by Crippen LogP contribution is 2.55. The first kappa shape index (κ1) is 18.9. The van der Waals surface area contributed by atoms with Gasteiger partial charge in [0, 0.05) is 28.6 Å². The molecule has 1 aliphatic heterocycles. The van der Waals surface area contributed by atoms with E-state index in [1.807, 2.05) is 12.1 Å². The Bertz CT molecular complexity index is 909. The molecule has 2 atom stereocenters. The SMILES string of the molecule is C=C1CCCC2Nc3c(OC)cccc3C12CCNC(=O)c1ccc(Cl)cc1. The van der Waals surface area contributed by atoms with E-state index in [-0.39, 0.29) is 17.4 Å². The van der Waals surface area contributed by atoms with Crippen LogP contribution in [0.4, 0.5) is 5.69 Å². The van der Waals surface area contributed by atoms with Crippen LogP contribution in [0.15, 0.2) is 54.6 Å². The number of methoxy groups -OCH3 is 1. The standard InChI is InChI=1S/C23H25ClN2O2/c1-15-5-3-8-20-23(15,18-6-4-7-19(28-2)21(18)26-20)13-14-25-22(27)16-9-11-17(24)12-10-16/h4,6-7,9-12,20,26H,1,3,5,8,13-14H2,2H3,(H,25,27). The van der Waals surface area contributed by atoms with Gasteiger partial charge in [0.25, 0.3) is 5.91 Å². The van der Waals surface area contributed by atoms with Crippen LogP contribution < -0.4 is 15.4 Å². The molecule has 0 saturated heterocycles. The van der Waals surface area contributed by atoms with Crippen LogP contribution in [0.3, 0.4) is 0 Å². The maximum Gasteiger partial charge on any atom is 0.251 e. The van der Waals surface area contributed by atoms with E-state index in [9.17, 15) is 4.79 Å². The second-order valence-corrected chi connectivity index (χ2v) is 8.00. The van der Waals surface area contributed by atoms with Gasteiger partial charge < -0.3 is 15.4 Å². The molecule has 2 aliphatic rings. The van der Waals surface area contributed by atoms with Crippen molar-refractivity contribution in [3.05, 3.63) is 70.8 Å². The van der Waals surface area contributed by atoms with Crippen LogP contribution in [0, 0.1) is 0 Å². The number of carbonyl (C=O) groups is 1. The van der Waals surface area contributed by atoms with Gasteiger partial charge in [-0.25, -0.2) is 0 Å². The molecule has 1 fully saturated rings. The molecule has 0 radical (unpaired) electrons. The molecule has 2 unspecified atom stereocenters. The number of rotatable bonds is 5. The van der Waals surface area contributed by atoms with E-state index in [1.54, 1.807) is 31.4 Å². The second-order valence-electron chi connectivity index (χ2n) is 7.56. The Morgan fingerprint density at radius 3 is 2.86 bits per heavy atom. The summed E-state index contributed by atoms with van der Waals surface area (Å²) in [6.07, 6.45) is 4.04. The number of ether oxygens (including phenoxy) is 1. The molecule has 4 nitrogen and oxygen atoms in total. The van der Waals surface area contributed by atoms with Gasteiger partial charge in [-0.05, 0) is 61.6 Å². The third kappa shape index (κ3) is 3.06. The summed E-state index contributed by atoms with van der Waals surface area (Å²) >= 11 is 5.91. The molecule has 1 heterocycles. The predicted octanol–water partition coefficient (Wildman–Crippen LogP) is 4.94. The van der Waals surface area contributed by atoms with Crippen LogP contribution in [0.2, 0.25) is 5.02 Å². The van der Waals surface area contributed by atoms with Gasteiger partial charge in [0.2, 0.25) is 0 Å². The number of nitrogens with one attached hydrogen (secondary N) is 2. The van der Waals surface area contributed by atoms with E-state index >= 15 is 0 Å². The number of halogens is 1. The molecule has 2 aromatic rings. The summed E-state index contributed by atoms with van der Waals surface area (Å²) in [6, 6.07) is 13.4. The fraction of sp³-hybridized carbons (Fsp3) is 0.348.